The number of hydrogen-bond donors (Lipinski definition) is 1. The van der Waals surface area contributed by atoms with Gasteiger partial charge in [0.25, 0.3) is 5.91 Å². The highest BCUT2D eigenvalue weighted by Crippen LogP contribution is 2.12. The van der Waals surface area contributed by atoms with E-state index in [4.69, 9.17) is 4.74 Å². The Kier molecular flexibility index (Phi) is 4.59. The quantitative estimate of drug-likeness (QED) is 0.884. The number of carbonyl (C=O) groups excluding carboxylic acids is 1. The van der Waals surface area contributed by atoms with E-state index in [2.05, 4.69) is 10.2 Å². The monoisotopic (exact) mass is 248 g/mol. The molecule has 0 radical (unpaired) electrons. The Labute approximate surface area is 108 Å². The molecule has 1 aliphatic heterocycles. The Balaban J connectivity index is 1.86. The molecule has 4 heteroatoms. The van der Waals surface area contributed by atoms with E-state index in [0.717, 1.165) is 13.1 Å². The van der Waals surface area contributed by atoms with E-state index in [-0.39, 0.29) is 5.91 Å². The molecule has 1 aliphatic rings. The number of nitrogens with zero attached hydrogens (tertiary/aromatic N) is 1. The van der Waals surface area contributed by atoms with Crippen molar-refractivity contribution < 1.29 is 9.53 Å². The van der Waals surface area contributed by atoms with Crippen LogP contribution in [0.25, 0.3) is 0 Å². The Morgan fingerprint density at radius 2 is 2.11 bits per heavy atom. The molecule has 1 heterocycles. The topological polar surface area (TPSA) is 41.6 Å². The van der Waals surface area contributed by atoms with Crippen molar-refractivity contribution in [1.29, 1.82) is 0 Å². The van der Waals surface area contributed by atoms with Crippen molar-refractivity contribution in [1.82, 2.24) is 10.2 Å². The lowest BCUT2D eigenvalue weighted by Crippen LogP contribution is -2.40. The summed E-state index contributed by atoms with van der Waals surface area (Å²) in [5.41, 5.74) is 0.645. The first kappa shape index (κ1) is 12.9. The predicted octanol–water partition coefficient (Wildman–Crippen LogP) is 1.87. The number of benzene rings is 1. The van der Waals surface area contributed by atoms with Gasteiger partial charge < -0.3 is 10.1 Å². The fraction of sp³-hybridized carbons (Fsp3) is 0.500. The van der Waals surface area contributed by atoms with E-state index in [1.165, 1.54) is 19.3 Å². The Morgan fingerprint density at radius 3 is 2.83 bits per heavy atom. The summed E-state index contributed by atoms with van der Waals surface area (Å²) in [6.07, 6.45) is 3.77. The van der Waals surface area contributed by atoms with Crippen LogP contribution in [0.2, 0.25) is 0 Å². The standard InChI is InChI=1S/C14H20N2O2/c1-18-13-7-5-6-12(10-13)14(17)15-11-16-8-3-2-4-9-16/h5-7,10H,2-4,8-9,11H2,1H3,(H,15,17). The molecular weight excluding hydrogens is 228 g/mol. The van der Waals surface area contributed by atoms with Crippen LogP contribution >= 0.6 is 0 Å². The first-order chi connectivity index (χ1) is 8.79. The van der Waals surface area contributed by atoms with Crippen LogP contribution in [-0.2, 0) is 0 Å². The van der Waals surface area contributed by atoms with Crippen molar-refractivity contribution in [3.05, 3.63) is 29.8 Å². The molecule has 4 nitrogen and oxygen atoms in total. The van der Waals surface area contributed by atoms with E-state index in [1.807, 2.05) is 12.1 Å². The zero-order valence-electron chi connectivity index (χ0n) is 10.8. The number of carbonyl (C=O) groups is 1. The number of ether oxygens (including phenoxy) is 1. The molecule has 1 amide bonds. The second kappa shape index (κ2) is 6.40. The van der Waals surface area contributed by atoms with Crippen LogP contribution in [0.3, 0.4) is 0 Å². The largest absolute Gasteiger partial charge is 0.497 e. The van der Waals surface area contributed by atoms with Gasteiger partial charge in [-0.25, -0.2) is 0 Å². The summed E-state index contributed by atoms with van der Waals surface area (Å²) in [7, 11) is 1.60. The van der Waals surface area contributed by atoms with Gasteiger partial charge in [0.15, 0.2) is 0 Å². The van der Waals surface area contributed by atoms with Crippen molar-refractivity contribution in [2.45, 2.75) is 19.3 Å². The number of methoxy groups -OCH3 is 1. The molecule has 98 valence electrons. The van der Waals surface area contributed by atoms with E-state index >= 15 is 0 Å². The van der Waals surface area contributed by atoms with E-state index < -0.39 is 0 Å². The van der Waals surface area contributed by atoms with Crippen molar-refractivity contribution in [3.63, 3.8) is 0 Å². The lowest BCUT2D eigenvalue weighted by atomic mass is 10.1. The van der Waals surface area contributed by atoms with E-state index in [1.54, 1.807) is 19.2 Å². The fourth-order valence-electron chi connectivity index (χ4n) is 2.17. The average molecular weight is 248 g/mol. The summed E-state index contributed by atoms with van der Waals surface area (Å²) in [5, 5.41) is 2.95. The molecule has 1 N–H and O–H groups in total. The maximum Gasteiger partial charge on any atom is 0.252 e. The molecule has 0 aliphatic carbocycles. The molecule has 0 saturated carbocycles. The summed E-state index contributed by atoms with van der Waals surface area (Å²) >= 11 is 0. The van der Waals surface area contributed by atoms with Gasteiger partial charge in [0, 0.05) is 5.56 Å². The fourth-order valence-corrected chi connectivity index (χ4v) is 2.17. The Hall–Kier alpha value is -1.55. The second-order valence-corrected chi connectivity index (χ2v) is 4.57. The number of amides is 1. The number of piperidine rings is 1. The lowest BCUT2D eigenvalue weighted by molar-refractivity contribution is 0.0914. The molecule has 0 aromatic heterocycles. The highest BCUT2D eigenvalue weighted by Gasteiger charge is 2.12. The van der Waals surface area contributed by atoms with Crippen molar-refractivity contribution in [3.8, 4) is 5.75 Å². The van der Waals surface area contributed by atoms with Gasteiger partial charge in [-0.1, -0.05) is 12.5 Å². The Morgan fingerprint density at radius 1 is 1.33 bits per heavy atom. The third-order valence-corrected chi connectivity index (χ3v) is 3.24. The van der Waals surface area contributed by atoms with Gasteiger partial charge in [-0.2, -0.15) is 0 Å². The molecule has 1 saturated heterocycles. The van der Waals surface area contributed by atoms with Crippen LogP contribution in [0.5, 0.6) is 5.75 Å². The smallest absolute Gasteiger partial charge is 0.252 e. The summed E-state index contributed by atoms with van der Waals surface area (Å²) in [6.45, 7) is 2.80. The summed E-state index contributed by atoms with van der Waals surface area (Å²) in [6, 6.07) is 7.22. The number of rotatable bonds is 4. The molecule has 1 fully saturated rings. The van der Waals surface area contributed by atoms with Crippen LogP contribution in [0, 0.1) is 0 Å². The lowest BCUT2D eigenvalue weighted by Gasteiger charge is -2.26. The minimum Gasteiger partial charge on any atom is -0.497 e. The van der Waals surface area contributed by atoms with Crippen molar-refractivity contribution >= 4 is 5.91 Å². The molecule has 18 heavy (non-hydrogen) atoms. The van der Waals surface area contributed by atoms with Crippen LogP contribution in [-0.4, -0.2) is 37.7 Å². The molecule has 1 aromatic rings. The summed E-state index contributed by atoms with van der Waals surface area (Å²) in [5.74, 6) is 0.667. The van der Waals surface area contributed by atoms with Gasteiger partial charge in [-0.15, -0.1) is 0 Å². The summed E-state index contributed by atoms with van der Waals surface area (Å²) < 4.78 is 5.11. The van der Waals surface area contributed by atoms with Crippen LogP contribution in [0.4, 0.5) is 0 Å². The number of nitrogens with one attached hydrogen (secondary N) is 1. The predicted molar refractivity (Wildman–Crippen MR) is 70.8 cm³/mol. The maximum absolute atomic E-state index is 12.0. The first-order valence-electron chi connectivity index (χ1n) is 6.44. The Bertz CT molecular complexity index is 401. The minimum atomic E-state index is -0.0422. The molecule has 0 unspecified atom stereocenters. The van der Waals surface area contributed by atoms with E-state index in [9.17, 15) is 4.79 Å². The van der Waals surface area contributed by atoms with E-state index in [0.29, 0.717) is 18.0 Å². The minimum absolute atomic E-state index is 0.0422. The zero-order chi connectivity index (χ0) is 12.8. The van der Waals surface area contributed by atoms with Crippen molar-refractivity contribution in [2.75, 3.05) is 26.9 Å². The molecule has 0 spiro atoms. The molecule has 0 atom stereocenters. The highest BCUT2D eigenvalue weighted by molar-refractivity contribution is 5.94. The summed E-state index contributed by atoms with van der Waals surface area (Å²) in [4.78, 5) is 14.2. The first-order valence-corrected chi connectivity index (χ1v) is 6.44. The van der Waals surface area contributed by atoms with Gasteiger partial charge in [0.05, 0.1) is 13.8 Å². The number of hydrogen-bond acceptors (Lipinski definition) is 3. The number of likely N-dealkylation sites (tertiary alicyclic amines) is 1. The molecule has 2 rings (SSSR count). The van der Waals surface area contributed by atoms with Gasteiger partial charge in [-0.3, -0.25) is 9.69 Å². The second-order valence-electron chi connectivity index (χ2n) is 4.57. The van der Waals surface area contributed by atoms with Gasteiger partial charge in [-0.05, 0) is 44.1 Å². The van der Waals surface area contributed by atoms with Gasteiger partial charge in [0.1, 0.15) is 5.75 Å². The van der Waals surface area contributed by atoms with Crippen molar-refractivity contribution in [2.24, 2.45) is 0 Å². The van der Waals surface area contributed by atoms with Crippen LogP contribution in [0.15, 0.2) is 24.3 Å². The third kappa shape index (κ3) is 3.47. The average Bonchev–Trinajstić information content (AvgIpc) is 2.46. The molecular formula is C14H20N2O2. The maximum atomic E-state index is 12.0. The SMILES string of the molecule is COc1cccc(C(=O)NCN2CCCCC2)c1. The van der Waals surface area contributed by atoms with Crippen LogP contribution in [0.1, 0.15) is 29.6 Å². The van der Waals surface area contributed by atoms with Gasteiger partial charge in [0.2, 0.25) is 0 Å². The molecule has 0 bridgehead atoms. The molecule has 1 aromatic carbocycles. The highest BCUT2D eigenvalue weighted by atomic mass is 16.5. The normalized spacial score (nSPS) is 16.3. The third-order valence-electron chi connectivity index (χ3n) is 3.24. The zero-order valence-corrected chi connectivity index (χ0v) is 10.8. The van der Waals surface area contributed by atoms with Gasteiger partial charge >= 0.3 is 0 Å². The van der Waals surface area contributed by atoms with Crippen LogP contribution < -0.4 is 10.1 Å².